The molecule has 2 aromatic carbocycles. The lowest BCUT2D eigenvalue weighted by Gasteiger charge is -2.17. The van der Waals surface area contributed by atoms with Crippen LogP contribution in [0.4, 0.5) is 0 Å². The number of para-hydroxylation sites is 1. The molecule has 2 aromatic heterocycles. The number of benzene rings is 2. The molecule has 0 aliphatic rings. The SMILES string of the molecule is O=C(CCn1cc(-c2ccccc2)nn1)N[C@@H](Cc1coc2ccccc12)B(O)O. The molecule has 0 aliphatic heterocycles. The molecule has 1 atom stereocenters. The number of amides is 1. The Morgan fingerprint density at radius 1 is 1.13 bits per heavy atom. The van der Waals surface area contributed by atoms with Crippen LogP contribution in [-0.4, -0.2) is 44.0 Å². The van der Waals surface area contributed by atoms with E-state index in [0.29, 0.717) is 12.1 Å². The molecule has 0 unspecified atom stereocenters. The lowest BCUT2D eigenvalue weighted by Crippen LogP contribution is -2.48. The van der Waals surface area contributed by atoms with Crippen LogP contribution in [0.25, 0.3) is 22.2 Å². The Labute approximate surface area is 173 Å². The van der Waals surface area contributed by atoms with Gasteiger partial charge in [-0.15, -0.1) is 5.10 Å². The summed E-state index contributed by atoms with van der Waals surface area (Å²) < 4.78 is 7.08. The van der Waals surface area contributed by atoms with Crippen molar-refractivity contribution in [1.29, 1.82) is 0 Å². The van der Waals surface area contributed by atoms with Gasteiger partial charge in [-0.3, -0.25) is 9.48 Å². The normalized spacial score (nSPS) is 12.1. The molecule has 1 amide bonds. The average molecular weight is 404 g/mol. The molecule has 0 aliphatic carbocycles. The second-order valence-corrected chi connectivity index (χ2v) is 7.03. The maximum atomic E-state index is 12.4. The monoisotopic (exact) mass is 404 g/mol. The van der Waals surface area contributed by atoms with Crippen LogP contribution in [0.3, 0.4) is 0 Å². The predicted octanol–water partition coefficient (Wildman–Crippen LogP) is 1.82. The Morgan fingerprint density at radius 2 is 1.90 bits per heavy atom. The highest BCUT2D eigenvalue weighted by atomic mass is 16.4. The van der Waals surface area contributed by atoms with Gasteiger partial charge in [0.15, 0.2) is 0 Å². The summed E-state index contributed by atoms with van der Waals surface area (Å²) in [5.41, 5.74) is 3.19. The first-order valence-electron chi connectivity index (χ1n) is 9.66. The van der Waals surface area contributed by atoms with Crippen molar-refractivity contribution in [2.24, 2.45) is 0 Å². The van der Waals surface area contributed by atoms with E-state index in [1.807, 2.05) is 54.6 Å². The number of aryl methyl sites for hydroxylation is 1. The molecule has 152 valence electrons. The Kier molecular flexibility index (Phi) is 5.92. The number of aromatic nitrogens is 3. The standard InChI is InChI=1S/C21H21BN4O4/c27-21(10-11-26-13-18(24-25-26)15-6-2-1-3-7-15)23-20(22(28)29)12-16-14-30-19-9-5-4-8-17(16)19/h1-9,13-14,20,28-29H,10-12H2,(H,23,27)/t20-/m0/s1. The van der Waals surface area contributed by atoms with Gasteiger partial charge in [0.05, 0.1) is 24.9 Å². The van der Waals surface area contributed by atoms with Crippen molar-refractivity contribution in [2.75, 3.05) is 0 Å². The summed E-state index contributed by atoms with van der Waals surface area (Å²) in [6.07, 6.45) is 3.72. The summed E-state index contributed by atoms with van der Waals surface area (Å²) in [7, 11) is -1.70. The van der Waals surface area contributed by atoms with Gasteiger partial charge in [-0.2, -0.15) is 0 Å². The number of hydrogen-bond acceptors (Lipinski definition) is 6. The van der Waals surface area contributed by atoms with E-state index in [0.717, 1.165) is 22.2 Å². The van der Waals surface area contributed by atoms with Gasteiger partial charge in [-0.1, -0.05) is 53.7 Å². The first kappa shape index (κ1) is 19.9. The molecule has 9 heteroatoms. The van der Waals surface area contributed by atoms with Gasteiger partial charge in [0.2, 0.25) is 5.91 Å². The Morgan fingerprint density at radius 3 is 2.70 bits per heavy atom. The van der Waals surface area contributed by atoms with Crippen LogP contribution < -0.4 is 5.32 Å². The number of rotatable bonds is 8. The van der Waals surface area contributed by atoms with E-state index in [-0.39, 0.29) is 18.7 Å². The van der Waals surface area contributed by atoms with Gasteiger partial charge in [-0.25, -0.2) is 0 Å². The number of carbonyl (C=O) groups is 1. The van der Waals surface area contributed by atoms with Crippen molar-refractivity contribution < 1.29 is 19.3 Å². The van der Waals surface area contributed by atoms with Crippen molar-refractivity contribution in [2.45, 2.75) is 25.3 Å². The fourth-order valence-electron chi connectivity index (χ4n) is 3.30. The van der Waals surface area contributed by atoms with Crippen molar-refractivity contribution in [3.05, 3.63) is 72.6 Å². The number of nitrogens with one attached hydrogen (secondary N) is 1. The van der Waals surface area contributed by atoms with Gasteiger partial charge in [0, 0.05) is 17.4 Å². The fourth-order valence-corrected chi connectivity index (χ4v) is 3.30. The number of furan rings is 1. The van der Waals surface area contributed by atoms with Crippen molar-refractivity contribution >= 4 is 24.0 Å². The number of hydrogen-bond donors (Lipinski definition) is 3. The Hall–Kier alpha value is -3.43. The topological polar surface area (TPSA) is 113 Å². The minimum absolute atomic E-state index is 0.132. The van der Waals surface area contributed by atoms with E-state index >= 15 is 0 Å². The van der Waals surface area contributed by atoms with Crippen LogP contribution in [0.1, 0.15) is 12.0 Å². The van der Waals surface area contributed by atoms with Gasteiger partial charge in [-0.05, 0) is 18.1 Å². The lowest BCUT2D eigenvalue weighted by molar-refractivity contribution is -0.121. The van der Waals surface area contributed by atoms with E-state index < -0.39 is 13.1 Å². The van der Waals surface area contributed by atoms with Crippen LogP contribution in [-0.2, 0) is 17.8 Å². The van der Waals surface area contributed by atoms with Crippen LogP contribution in [0.15, 0.2) is 71.5 Å². The minimum Gasteiger partial charge on any atom is -0.464 e. The molecule has 8 nitrogen and oxygen atoms in total. The highest BCUT2D eigenvalue weighted by Crippen LogP contribution is 2.22. The fraction of sp³-hybridized carbons (Fsp3) is 0.190. The molecule has 30 heavy (non-hydrogen) atoms. The first-order chi connectivity index (χ1) is 14.6. The zero-order valence-electron chi connectivity index (χ0n) is 16.2. The molecule has 0 radical (unpaired) electrons. The van der Waals surface area contributed by atoms with Crippen LogP contribution >= 0.6 is 0 Å². The van der Waals surface area contributed by atoms with E-state index in [1.54, 1.807) is 17.1 Å². The van der Waals surface area contributed by atoms with Crippen molar-refractivity contribution in [3.8, 4) is 11.3 Å². The van der Waals surface area contributed by atoms with Crippen LogP contribution in [0.2, 0.25) is 0 Å². The van der Waals surface area contributed by atoms with Crippen molar-refractivity contribution in [3.63, 3.8) is 0 Å². The highest BCUT2D eigenvalue weighted by Gasteiger charge is 2.26. The molecule has 0 saturated carbocycles. The van der Waals surface area contributed by atoms with Gasteiger partial charge >= 0.3 is 7.12 Å². The molecule has 3 N–H and O–H groups in total. The number of nitrogens with zero attached hydrogens (tertiary/aromatic N) is 3. The summed E-state index contributed by atoms with van der Waals surface area (Å²) >= 11 is 0. The molecule has 0 fully saturated rings. The predicted molar refractivity (Wildman–Crippen MR) is 112 cm³/mol. The Bertz CT molecular complexity index is 1130. The third-order valence-corrected chi connectivity index (χ3v) is 4.88. The molecule has 0 bridgehead atoms. The lowest BCUT2D eigenvalue weighted by atomic mass is 9.76. The summed E-state index contributed by atoms with van der Waals surface area (Å²) in [6, 6.07) is 17.1. The molecule has 0 saturated heterocycles. The zero-order chi connectivity index (χ0) is 20.9. The quantitative estimate of drug-likeness (QED) is 0.386. The van der Waals surface area contributed by atoms with E-state index in [9.17, 15) is 14.8 Å². The smallest absolute Gasteiger partial charge is 0.464 e. The Balaban J connectivity index is 1.35. The first-order valence-corrected chi connectivity index (χ1v) is 9.66. The second-order valence-electron chi connectivity index (χ2n) is 7.03. The van der Waals surface area contributed by atoms with E-state index in [2.05, 4.69) is 15.6 Å². The summed E-state index contributed by atoms with van der Waals surface area (Å²) in [6.45, 7) is 0.328. The van der Waals surface area contributed by atoms with Crippen molar-refractivity contribution in [1.82, 2.24) is 20.3 Å². The van der Waals surface area contributed by atoms with Crippen LogP contribution in [0.5, 0.6) is 0 Å². The van der Waals surface area contributed by atoms with E-state index in [1.165, 1.54) is 0 Å². The maximum Gasteiger partial charge on any atom is 0.475 e. The molecular formula is C21H21BN4O4. The second kappa shape index (κ2) is 8.94. The maximum absolute atomic E-state index is 12.4. The third-order valence-electron chi connectivity index (χ3n) is 4.88. The average Bonchev–Trinajstić information content (AvgIpc) is 3.40. The molecular weight excluding hydrogens is 383 g/mol. The largest absolute Gasteiger partial charge is 0.475 e. The highest BCUT2D eigenvalue weighted by molar-refractivity contribution is 6.43. The zero-order valence-corrected chi connectivity index (χ0v) is 16.2. The summed E-state index contributed by atoms with van der Waals surface area (Å²) in [5, 5.41) is 31.2. The minimum atomic E-state index is -1.70. The molecule has 0 spiro atoms. The van der Waals surface area contributed by atoms with Gasteiger partial charge in [0.25, 0.3) is 0 Å². The molecule has 4 rings (SSSR count). The van der Waals surface area contributed by atoms with Crippen LogP contribution in [0, 0.1) is 0 Å². The third kappa shape index (κ3) is 4.59. The van der Waals surface area contributed by atoms with Gasteiger partial charge in [0.1, 0.15) is 11.3 Å². The van der Waals surface area contributed by atoms with Gasteiger partial charge < -0.3 is 19.8 Å². The summed E-state index contributed by atoms with van der Waals surface area (Å²) in [4.78, 5) is 12.4. The molecule has 4 aromatic rings. The molecule has 2 heterocycles. The van der Waals surface area contributed by atoms with E-state index in [4.69, 9.17) is 4.42 Å². The number of carbonyl (C=O) groups excluding carboxylic acids is 1. The number of fused-ring (bicyclic) bond motifs is 1. The summed E-state index contributed by atoms with van der Waals surface area (Å²) in [5.74, 6) is -1.16.